The average Bonchev–Trinajstić information content (AvgIpc) is 2.89. The van der Waals surface area contributed by atoms with Gasteiger partial charge in [-0.15, -0.1) is 0 Å². The Bertz CT molecular complexity index is 826. The second-order valence-electron chi connectivity index (χ2n) is 12.1. The van der Waals surface area contributed by atoms with Gasteiger partial charge in [-0.3, -0.25) is 0 Å². The lowest BCUT2D eigenvalue weighted by molar-refractivity contribution is -0.301. The van der Waals surface area contributed by atoms with Crippen molar-refractivity contribution in [1.82, 2.24) is 0 Å². The van der Waals surface area contributed by atoms with Crippen molar-refractivity contribution in [2.24, 2.45) is 29.6 Å². The highest BCUT2D eigenvalue weighted by Crippen LogP contribution is 2.45. The van der Waals surface area contributed by atoms with Crippen LogP contribution in [0.1, 0.15) is 102 Å². The third kappa shape index (κ3) is 7.92. The molecule has 0 heterocycles. The van der Waals surface area contributed by atoms with Crippen LogP contribution in [0.25, 0.3) is 0 Å². The zero-order valence-electron chi connectivity index (χ0n) is 22.2. The summed E-state index contributed by atoms with van der Waals surface area (Å²) < 4.78 is 67.9. The van der Waals surface area contributed by atoms with E-state index in [4.69, 9.17) is 14.6 Å². The molecule has 0 radical (unpaired) electrons. The van der Waals surface area contributed by atoms with Gasteiger partial charge in [0, 0.05) is 0 Å². The quantitative estimate of drug-likeness (QED) is 0.246. The predicted octanol–water partition coefficient (Wildman–Crippen LogP) is 8.21. The van der Waals surface area contributed by atoms with Crippen molar-refractivity contribution in [1.29, 1.82) is 0 Å². The van der Waals surface area contributed by atoms with Gasteiger partial charge in [-0.1, -0.05) is 25.8 Å². The summed E-state index contributed by atoms with van der Waals surface area (Å²) in [5, 5.41) is 9.17. The maximum absolute atomic E-state index is 15.1. The highest BCUT2D eigenvalue weighted by molar-refractivity contribution is 5.22. The lowest BCUT2D eigenvalue weighted by atomic mass is 9.71. The topological polar surface area (TPSA) is 38.7 Å². The number of aliphatic hydroxyl groups excluding tert-OH is 1. The fourth-order valence-corrected chi connectivity index (χ4v) is 7.12. The number of benzene rings is 1. The van der Waals surface area contributed by atoms with E-state index in [1.54, 1.807) is 6.07 Å². The highest BCUT2D eigenvalue weighted by atomic mass is 19.3. The van der Waals surface area contributed by atoms with Crippen LogP contribution in [0, 0.1) is 41.2 Å². The van der Waals surface area contributed by atoms with E-state index < -0.39 is 29.8 Å². The summed E-state index contributed by atoms with van der Waals surface area (Å²) in [5.74, 6) is -0.245. The van der Waals surface area contributed by atoms with Crippen LogP contribution in [0.5, 0.6) is 0 Å². The minimum atomic E-state index is -3.14. The molecule has 1 N–H and O–H groups in total. The van der Waals surface area contributed by atoms with Crippen molar-refractivity contribution in [3.8, 4) is 0 Å². The van der Waals surface area contributed by atoms with E-state index in [0.29, 0.717) is 62.9 Å². The number of hydrogen-bond acceptors (Lipinski definition) is 3. The summed E-state index contributed by atoms with van der Waals surface area (Å²) in [5.41, 5.74) is 0.730. The van der Waals surface area contributed by atoms with Crippen LogP contribution in [0.3, 0.4) is 0 Å². The first-order valence-corrected chi connectivity index (χ1v) is 14.4. The first-order valence-electron chi connectivity index (χ1n) is 14.4. The van der Waals surface area contributed by atoms with Crippen LogP contribution in [0.4, 0.5) is 17.6 Å². The minimum Gasteiger partial charge on any atom is -0.371 e. The first kappa shape index (κ1) is 28.8. The molecule has 37 heavy (non-hydrogen) atoms. The molecule has 0 aromatic heterocycles. The molecule has 3 nitrogen and oxygen atoms in total. The Labute approximate surface area is 219 Å². The smallest absolute Gasteiger partial charge is 0.358 e. The van der Waals surface area contributed by atoms with Crippen molar-refractivity contribution in [3.05, 3.63) is 35.4 Å². The van der Waals surface area contributed by atoms with Gasteiger partial charge in [0.05, 0.1) is 18.6 Å². The molecule has 0 bridgehead atoms. The van der Waals surface area contributed by atoms with E-state index in [-0.39, 0.29) is 12.7 Å². The molecule has 210 valence electrons. The molecular weight excluding hydrogens is 484 g/mol. The van der Waals surface area contributed by atoms with Crippen molar-refractivity contribution in [2.45, 2.75) is 109 Å². The Hall–Kier alpha value is -1.18. The van der Waals surface area contributed by atoms with E-state index in [1.165, 1.54) is 31.7 Å². The van der Waals surface area contributed by atoms with E-state index in [1.807, 2.05) is 0 Å². The summed E-state index contributed by atoms with van der Waals surface area (Å²) >= 11 is 0. The van der Waals surface area contributed by atoms with Crippen LogP contribution in [-0.2, 0) is 9.47 Å². The van der Waals surface area contributed by atoms with E-state index in [2.05, 4.69) is 6.92 Å². The van der Waals surface area contributed by atoms with Crippen molar-refractivity contribution >= 4 is 0 Å². The number of rotatable bonds is 10. The second-order valence-corrected chi connectivity index (χ2v) is 12.1. The van der Waals surface area contributed by atoms with Gasteiger partial charge in [0.1, 0.15) is 6.79 Å². The van der Waals surface area contributed by atoms with Gasteiger partial charge in [-0.2, -0.15) is 8.78 Å². The van der Waals surface area contributed by atoms with Crippen LogP contribution in [-0.4, -0.2) is 30.7 Å². The third-order valence-electron chi connectivity index (χ3n) is 9.52. The van der Waals surface area contributed by atoms with Gasteiger partial charge in [0.2, 0.25) is 0 Å². The van der Waals surface area contributed by atoms with Crippen LogP contribution >= 0.6 is 0 Å². The van der Waals surface area contributed by atoms with Gasteiger partial charge >= 0.3 is 6.11 Å². The normalized spacial score (nSPS) is 32.3. The number of ether oxygens (including phenoxy) is 2. The predicted molar refractivity (Wildman–Crippen MR) is 135 cm³/mol. The zero-order chi connectivity index (χ0) is 26.4. The summed E-state index contributed by atoms with van der Waals surface area (Å²) in [6.45, 7) is 2.60. The maximum Gasteiger partial charge on any atom is 0.358 e. The maximum atomic E-state index is 15.1. The Balaban J connectivity index is 1.22. The van der Waals surface area contributed by atoms with Crippen LogP contribution < -0.4 is 0 Å². The molecule has 0 saturated heterocycles. The Morgan fingerprint density at radius 1 is 0.892 bits per heavy atom. The van der Waals surface area contributed by atoms with Gasteiger partial charge in [-0.25, -0.2) is 8.78 Å². The number of aliphatic hydroxyl groups is 1. The fraction of sp³-hybridized carbons (Fsp3) is 0.800. The SMILES string of the molecule is CC1CCC(C(COCO)CC2CCC(C(F)(F)OC3CCC(c4ccc(F)c(F)c4)CC3)CC2)CC1. The Morgan fingerprint density at radius 2 is 1.57 bits per heavy atom. The lowest BCUT2D eigenvalue weighted by Gasteiger charge is -2.39. The number of alkyl halides is 2. The van der Waals surface area contributed by atoms with Gasteiger partial charge < -0.3 is 14.6 Å². The van der Waals surface area contributed by atoms with Crippen molar-refractivity contribution in [3.63, 3.8) is 0 Å². The molecule has 3 saturated carbocycles. The number of hydrogen-bond donors (Lipinski definition) is 1. The molecular formula is C30H44F4O3. The minimum absolute atomic E-state index is 0.0501. The van der Waals surface area contributed by atoms with Gasteiger partial charge in [-0.05, 0) is 118 Å². The summed E-state index contributed by atoms with van der Waals surface area (Å²) in [6, 6.07) is 3.95. The molecule has 1 aromatic rings. The van der Waals surface area contributed by atoms with Gasteiger partial charge in [0.15, 0.2) is 11.6 Å². The standard InChI is InChI=1S/C30H44F4O3/c1-20-2-6-23(7-3-20)25(18-36-19-35)16-21-4-11-26(12-5-21)30(33,34)37-27-13-8-22(9-14-27)24-10-15-28(31)29(32)17-24/h10,15,17,20-23,25-27,35H,2-9,11-14,16,18-19H2,1H3. The molecule has 1 atom stereocenters. The second kappa shape index (κ2) is 13.3. The van der Waals surface area contributed by atoms with Crippen molar-refractivity contribution < 1.29 is 32.1 Å². The van der Waals surface area contributed by atoms with E-state index >= 15 is 8.78 Å². The van der Waals surface area contributed by atoms with E-state index in [9.17, 15) is 8.78 Å². The molecule has 0 spiro atoms. The molecule has 7 heteroatoms. The molecule has 0 aliphatic heterocycles. The first-order chi connectivity index (χ1) is 17.7. The van der Waals surface area contributed by atoms with Gasteiger partial charge in [0.25, 0.3) is 0 Å². The molecule has 3 aliphatic carbocycles. The van der Waals surface area contributed by atoms with Crippen LogP contribution in [0.2, 0.25) is 0 Å². The molecule has 1 aromatic carbocycles. The summed E-state index contributed by atoms with van der Waals surface area (Å²) in [7, 11) is 0. The highest BCUT2D eigenvalue weighted by Gasteiger charge is 2.45. The van der Waals surface area contributed by atoms with Crippen LogP contribution in [0.15, 0.2) is 18.2 Å². The molecule has 3 fully saturated rings. The average molecular weight is 529 g/mol. The monoisotopic (exact) mass is 528 g/mol. The zero-order valence-corrected chi connectivity index (χ0v) is 22.2. The molecule has 4 rings (SSSR count). The van der Waals surface area contributed by atoms with E-state index in [0.717, 1.165) is 36.8 Å². The molecule has 1 unspecified atom stereocenters. The third-order valence-corrected chi connectivity index (χ3v) is 9.52. The Morgan fingerprint density at radius 3 is 2.19 bits per heavy atom. The number of halogens is 4. The largest absolute Gasteiger partial charge is 0.371 e. The Kier molecular flexibility index (Phi) is 10.3. The summed E-state index contributed by atoms with van der Waals surface area (Å²) in [4.78, 5) is 0. The fourth-order valence-electron chi connectivity index (χ4n) is 7.12. The molecule has 3 aliphatic rings. The van der Waals surface area contributed by atoms with Crippen molar-refractivity contribution in [2.75, 3.05) is 13.4 Å². The lowest BCUT2D eigenvalue weighted by Crippen LogP contribution is -2.39. The summed E-state index contributed by atoms with van der Waals surface area (Å²) in [6.07, 6.45) is 7.00. The molecule has 0 amide bonds.